The molecule has 0 aliphatic heterocycles. The number of anilines is 1. The molecule has 146 valence electrons. The van der Waals surface area contributed by atoms with Gasteiger partial charge < -0.3 is 15.4 Å². The normalized spacial score (nSPS) is 12.0. The van der Waals surface area contributed by atoms with Crippen molar-refractivity contribution in [2.24, 2.45) is 5.92 Å². The van der Waals surface area contributed by atoms with E-state index in [-0.39, 0.29) is 17.7 Å². The summed E-state index contributed by atoms with van der Waals surface area (Å²) in [5.74, 6) is -0.0914. The van der Waals surface area contributed by atoms with Crippen molar-refractivity contribution in [3.8, 4) is 5.75 Å². The second-order valence-electron chi connectivity index (χ2n) is 6.54. The Labute approximate surface area is 171 Å². The van der Waals surface area contributed by atoms with Gasteiger partial charge in [-0.05, 0) is 48.4 Å². The van der Waals surface area contributed by atoms with Gasteiger partial charge in [0.25, 0.3) is 5.91 Å². The van der Waals surface area contributed by atoms with Gasteiger partial charge in [-0.25, -0.2) is 4.98 Å². The molecule has 0 fully saturated rings. The Morgan fingerprint density at radius 3 is 2.50 bits per heavy atom. The maximum atomic E-state index is 12.8. The molecule has 0 aliphatic rings. The Morgan fingerprint density at radius 2 is 1.86 bits per heavy atom. The van der Waals surface area contributed by atoms with Crippen molar-refractivity contribution in [1.82, 2.24) is 10.3 Å². The maximum Gasteiger partial charge on any atom is 0.251 e. The van der Waals surface area contributed by atoms with Crippen molar-refractivity contribution in [3.05, 3.63) is 53.1 Å². The summed E-state index contributed by atoms with van der Waals surface area (Å²) in [6, 6.07) is 11.4. The van der Waals surface area contributed by atoms with E-state index in [1.807, 2.05) is 13.8 Å². The molecule has 1 atom stereocenters. The van der Waals surface area contributed by atoms with Crippen LogP contribution in [0.25, 0.3) is 10.2 Å². The van der Waals surface area contributed by atoms with Crippen LogP contribution >= 0.6 is 22.9 Å². The quantitative estimate of drug-likeness (QED) is 0.624. The number of thiazole rings is 1. The first-order valence-electron chi connectivity index (χ1n) is 8.69. The van der Waals surface area contributed by atoms with Gasteiger partial charge in [-0.1, -0.05) is 36.8 Å². The zero-order chi connectivity index (χ0) is 20.3. The number of aromatic nitrogens is 1. The summed E-state index contributed by atoms with van der Waals surface area (Å²) in [4.78, 5) is 29.7. The molecule has 0 bridgehead atoms. The highest BCUT2D eigenvalue weighted by Crippen LogP contribution is 2.28. The Hall–Kier alpha value is -2.64. The van der Waals surface area contributed by atoms with Gasteiger partial charge in [-0.3, -0.25) is 9.59 Å². The van der Waals surface area contributed by atoms with Crippen molar-refractivity contribution >= 4 is 50.1 Å². The van der Waals surface area contributed by atoms with Crippen LogP contribution in [-0.4, -0.2) is 29.9 Å². The van der Waals surface area contributed by atoms with E-state index < -0.39 is 6.04 Å². The molecular weight excluding hydrogens is 398 g/mol. The molecule has 3 rings (SSSR count). The third-order valence-electron chi connectivity index (χ3n) is 4.17. The number of hydrogen-bond acceptors (Lipinski definition) is 5. The number of fused-ring (bicyclic) bond motifs is 1. The molecule has 0 radical (unpaired) electrons. The first-order valence-corrected chi connectivity index (χ1v) is 9.88. The summed E-state index contributed by atoms with van der Waals surface area (Å²) >= 11 is 7.33. The fraction of sp³-hybridized carbons (Fsp3) is 0.250. The molecule has 0 spiro atoms. The lowest BCUT2D eigenvalue weighted by Gasteiger charge is -2.21. The van der Waals surface area contributed by atoms with Crippen molar-refractivity contribution in [1.29, 1.82) is 0 Å². The number of benzene rings is 2. The lowest BCUT2D eigenvalue weighted by atomic mass is 10.0. The molecule has 6 nitrogen and oxygen atoms in total. The van der Waals surface area contributed by atoms with Crippen molar-refractivity contribution in [3.63, 3.8) is 0 Å². The topological polar surface area (TPSA) is 80.3 Å². The van der Waals surface area contributed by atoms with E-state index in [1.165, 1.54) is 11.3 Å². The summed E-state index contributed by atoms with van der Waals surface area (Å²) in [5, 5.41) is 6.67. The number of nitrogens with one attached hydrogen (secondary N) is 2. The predicted octanol–water partition coefficient (Wildman–Crippen LogP) is 4.35. The number of amides is 2. The SMILES string of the molecule is COc1ccc(C(=O)NC(C(=O)Nc2nc3ccc(Cl)cc3s2)C(C)C)cc1. The van der Waals surface area contributed by atoms with Crippen LogP contribution < -0.4 is 15.4 Å². The van der Waals surface area contributed by atoms with Crippen LogP contribution in [0.3, 0.4) is 0 Å². The van der Waals surface area contributed by atoms with Crippen molar-refractivity contribution < 1.29 is 14.3 Å². The summed E-state index contributed by atoms with van der Waals surface area (Å²) in [5.41, 5.74) is 1.21. The third-order valence-corrected chi connectivity index (χ3v) is 5.34. The number of carbonyl (C=O) groups excluding carboxylic acids is 2. The average molecular weight is 418 g/mol. The van der Waals surface area contributed by atoms with E-state index in [9.17, 15) is 9.59 Å². The molecule has 0 saturated carbocycles. The minimum atomic E-state index is -0.704. The fourth-order valence-corrected chi connectivity index (χ4v) is 3.78. The summed E-state index contributed by atoms with van der Waals surface area (Å²) < 4.78 is 5.98. The fourth-order valence-electron chi connectivity index (χ4n) is 2.64. The zero-order valence-electron chi connectivity index (χ0n) is 15.7. The first-order chi connectivity index (χ1) is 13.4. The van der Waals surface area contributed by atoms with E-state index in [0.717, 1.165) is 10.2 Å². The van der Waals surface area contributed by atoms with Crippen LogP contribution in [0, 0.1) is 5.92 Å². The van der Waals surface area contributed by atoms with Crippen LogP contribution in [0.4, 0.5) is 5.13 Å². The molecule has 8 heteroatoms. The molecule has 2 aromatic carbocycles. The van der Waals surface area contributed by atoms with E-state index in [0.29, 0.717) is 21.5 Å². The van der Waals surface area contributed by atoms with Gasteiger partial charge in [-0.15, -0.1) is 0 Å². The standard InChI is InChI=1S/C20H20ClN3O3S/c1-11(2)17(23-18(25)12-4-7-14(27-3)8-5-12)19(26)24-20-22-15-9-6-13(21)10-16(15)28-20/h4-11,17H,1-3H3,(H,23,25)(H,22,24,26). The highest BCUT2D eigenvalue weighted by atomic mass is 35.5. The highest BCUT2D eigenvalue weighted by Gasteiger charge is 2.25. The second-order valence-corrected chi connectivity index (χ2v) is 8.01. The van der Waals surface area contributed by atoms with Crippen LogP contribution in [0.1, 0.15) is 24.2 Å². The highest BCUT2D eigenvalue weighted by molar-refractivity contribution is 7.22. The van der Waals surface area contributed by atoms with Crippen LogP contribution in [0.2, 0.25) is 5.02 Å². The van der Waals surface area contributed by atoms with Gasteiger partial charge in [0.2, 0.25) is 5.91 Å². The number of hydrogen-bond donors (Lipinski definition) is 2. The molecule has 1 unspecified atom stereocenters. The Morgan fingerprint density at radius 1 is 1.14 bits per heavy atom. The number of carbonyl (C=O) groups is 2. The molecule has 1 heterocycles. The lowest BCUT2D eigenvalue weighted by molar-refractivity contribution is -0.118. The first kappa shape index (κ1) is 20.1. The molecular formula is C20H20ClN3O3S. The molecule has 2 N–H and O–H groups in total. The number of ether oxygens (including phenoxy) is 1. The lowest BCUT2D eigenvalue weighted by Crippen LogP contribution is -2.47. The van der Waals surface area contributed by atoms with Gasteiger partial charge in [0.15, 0.2) is 5.13 Å². The van der Waals surface area contributed by atoms with E-state index >= 15 is 0 Å². The summed E-state index contributed by atoms with van der Waals surface area (Å²) in [6.45, 7) is 3.74. The zero-order valence-corrected chi connectivity index (χ0v) is 17.2. The predicted molar refractivity (Wildman–Crippen MR) is 112 cm³/mol. The molecule has 28 heavy (non-hydrogen) atoms. The minimum absolute atomic E-state index is 0.106. The van der Waals surface area contributed by atoms with Crippen LogP contribution in [0.5, 0.6) is 5.75 Å². The molecule has 2 amide bonds. The minimum Gasteiger partial charge on any atom is -0.497 e. The average Bonchev–Trinajstić information content (AvgIpc) is 3.06. The Kier molecular flexibility index (Phi) is 6.16. The van der Waals surface area contributed by atoms with Gasteiger partial charge in [0, 0.05) is 10.6 Å². The largest absolute Gasteiger partial charge is 0.497 e. The number of methoxy groups -OCH3 is 1. The molecule has 0 saturated heterocycles. The van der Waals surface area contributed by atoms with Gasteiger partial charge in [0.1, 0.15) is 11.8 Å². The third kappa shape index (κ3) is 4.61. The van der Waals surface area contributed by atoms with Gasteiger partial charge >= 0.3 is 0 Å². The maximum absolute atomic E-state index is 12.8. The number of halogens is 1. The van der Waals surface area contributed by atoms with Crippen molar-refractivity contribution in [2.75, 3.05) is 12.4 Å². The van der Waals surface area contributed by atoms with Crippen molar-refractivity contribution in [2.45, 2.75) is 19.9 Å². The second kappa shape index (κ2) is 8.58. The number of rotatable bonds is 6. The van der Waals surface area contributed by atoms with Gasteiger partial charge in [-0.2, -0.15) is 0 Å². The van der Waals surface area contributed by atoms with Crippen LogP contribution in [0.15, 0.2) is 42.5 Å². The molecule has 0 aliphatic carbocycles. The smallest absolute Gasteiger partial charge is 0.251 e. The summed E-state index contributed by atoms with van der Waals surface area (Å²) in [6.07, 6.45) is 0. The Bertz CT molecular complexity index is 1000. The van der Waals surface area contributed by atoms with Crippen LogP contribution in [-0.2, 0) is 4.79 Å². The molecule has 3 aromatic rings. The summed E-state index contributed by atoms with van der Waals surface area (Å²) in [7, 11) is 1.56. The van der Waals surface area contributed by atoms with E-state index in [2.05, 4.69) is 15.6 Å². The van der Waals surface area contributed by atoms with Gasteiger partial charge in [0.05, 0.1) is 17.3 Å². The monoisotopic (exact) mass is 417 g/mol. The number of nitrogens with zero attached hydrogens (tertiary/aromatic N) is 1. The molecule has 1 aromatic heterocycles. The van der Waals surface area contributed by atoms with E-state index in [1.54, 1.807) is 49.6 Å². The Balaban J connectivity index is 1.72. The van der Waals surface area contributed by atoms with E-state index in [4.69, 9.17) is 16.3 Å².